The van der Waals surface area contributed by atoms with Crippen LogP contribution in [0.4, 0.5) is 0 Å². The maximum Gasteiger partial charge on any atom is 0.247 e. The largest absolute Gasteiger partial charge is 0.339 e. The second kappa shape index (κ2) is 7.23. The number of aromatic nitrogens is 2. The molecule has 1 amide bonds. The van der Waals surface area contributed by atoms with Crippen molar-refractivity contribution in [3.8, 4) is 0 Å². The third-order valence-corrected chi connectivity index (χ3v) is 5.96. The summed E-state index contributed by atoms with van der Waals surface area (Å²) in [5.74, 6) is 0.231. The predicted molar refractivity (Wildman–Crippen MR) is 94.8 cm³/mol. The van der Waals surface area contributed by atoms with Crippen LogP contribution in [0.2, 0.25) is 0 Å². The van der Waals surface area contributed by atoms with Gasteiger partial charge in [-0.25, -0.2) is 0 Å². The first kappa shape index (κ1) is 17.4. The highest BCUT2D eigenvalue weighted by Crippen LogP contribution is 2.31. The first-order chi connectivity index (χ1) is 11.6. The number of hydrogen-bond acceptors (Lipinski definition) is 4. The van der Waals surface area contributed by atoms with E-state index in [0.29, 0.717) is 0 Å². The minimum absolute atomic E-state index is 0.140. The molecule has 2 fully saturated rings. The van der Waals surface area contributed by atoms with E-state index in [-0.39, 0.29) is 17.5 Å². The van der Waals surface area contributed by atoms with Crippen molar-refractivity contribution in [2.45, 2.75) is 44.2 Å². The first-order valence-corrected chi connectivity index (χ1v) is 9.23. The second-order valence-corrected chi connectivity index (χ2v) is 7.47. The molecule has 1 aromatic rings. The standard InChI is InChI=1S/C18H31N5O/c1-4-16(23-12-5-9-19-23)17(24)22-11-6-10-21(3)18(15-22)7-13-20(2)14-8-18/h5,9,12,16H,4,6-8,10-11,13-15H2,1-3H3/t16-/m1/s1. The summed E-state index contributed by atoms with van der Waals surface area (Å²) in [5, 5.41) is 4.31. The normalized spacial score (nSPS) is 24.0. The van der Waals surface area contributed by atoms with Crippen molar-refractivity contribution in [2.24, 2.45) is 0 Å². The van der Waals surface area contributed by atoms with Crippen molar-refractivity contribution in [1.29, 1.82) is 0 Å². The minimum Gasteiger partial charge on any atom is -0.339 e. The van der Waals surface area contributed by atoms with E-state index in [1.54, 1.807) is 6.20 Å². The minimum atomic E-state index is -0.174. The molecular weight excluding hydrogens is 302 g/mol. The fourth-order valence-electron chi connectivity index (χ4n) is 4.20. The van der Waals surface area contributed by atoms with Gasteiger partial charge in [0.2, 0.25) is 5.91 Å². The first-order valence-electron chi connectivity index (χ1n) is 9.23. The van der Waals surface area contributed by atoms with Crippen LogP contribution in [-0.4, -0.2) is 82.7 Å². The van der Waals surface area contributed by atoms with Gasteiger partial charge in [0.25, 0.3) is 0 Å². The summed E-state index contributed by atoms with van der Waals surface area (Å²) in [4.78, 5) is 20.2. The number of likely N-dealkylation sites (tertiary alicyclic amines) is 1. The lowest BCUT2D eigenvalue weighted by Crippen LogP contribution is -2.58. The predicted octanol–water partition coefficient (Wildman–Crippen LogP) is 1.46. The molecule has 0 N–H and O–H groups in total. The van der Waals surface area contributed by atoms with Crippen molar-refractivity contribution in [1.82, 2.24) is 24.5 Å². The molecule has 2 aliphatic rings. The van der Waals surface area contributed by atoms with E-state index in [2.05, 4.69) is 40.8 Å². The zero-order valence-electron chi connectivity index (χ0n) is 15.3. The molecule has 0 bridgehead atoms. The van der Waals surface area contributed by atoms with Gasteiger partial charge in [0.1, 0.15) is 6.04 Å². The van der Waals surface area contributed by atoms with Crippen LogP contribution in [-0.2, 0) is 4.79 Å². The van der Waals surface area contributed by atoms with E-state index < -0.39 is 0 Å². The molecule has 3 rings (SSSR count). The van der Waals surface area contributed by atoms with Crippen molar-refractivity contribution in [3.05, 3.63) is 18.5 Å². The van der Waals surface area contributed by atoms with Gasteiger partial charge in [-0.2, -0.15) is 5.10 Å². The summed E-state index contributed by atoms with van der Waals surface area (Å²) in [5.41, 5.74) is 0.140. The monoisotopic (exact) mass is 333 g/mol. The van der Waals surface area contributed by atoms with E-state index >= 15 is 0 Å². The van der Waals surface area contributed by atoms with Crippen LogP contribution in [0, 0.1) is 0 Å². The van der Waals surface area contributed by atoms with Crippen molar-refractivity contribution in [3.63, 3.8) is 0 Å². The molecule has 24 heavy (non-hydrogen) atoms. The third-order valence-electron chi connectivity index (χ3n) is 5.96. The van der Waals surface area contributed by atoms with E-state index in [1.165, 1.54) is 0 Å². The lowest BCUT2D eigenvalue weighted by Gasteiger charge is -2.47. The molecule has 2 saturated heterocycles. The molecule has 1 atom stereocenters. The summed E-state index contributed by atoms with van der Waals surface area (Å²) >= 11 is 0. The lowest BCUT2D eigenvalue weighted by molar-refractivity contribution is -0.136. The van der Waals surface area contributed by atoms with Crippen molar-refractivity contribution >= 4 is 5.91 Å². The summed E-state index contributed by atoms with van der Waals surface area (Å²) in [6.45, 7) is 7.09. The van der Waals surface area contributed by atoms with Crippen LogP contribution in [0.3, 0.4) is 0 Å². The van der Waals surface area contributed by atoms with Gasteiger partial charge in [0.05, 0.1) is 0 Å². The van der Waals surface area contributed by atoms with Crippen LogP contribution < -0.4 is 0 Å². The van der Waals surface area contributed by atoms with E-state index in [9.17, 15) is 4.79 Å². The molecule has 0 aliphatic carbocycles. The average molecular weight is 333 g/mol. The quantitative estimate of drug-likeness (QED) is 0.840. The van der Waals surface area contributed by atoms with Gasteiger partial charge in [-0.1, -0.05) is 6.92 Å². The van der Waals surface area contributed by atoms with E-state index in [1.807, 2.05) is 16.9 Å². The van der Waals surface area contributed by atoms with Crippen LogP contribution in [0.25, 0.3) is 0 Å². The number of piperidine rings is 1. The molecule has 0 saturated carbocycles. The zero-order chi connectivity index (χ0) is 17.2. The van der Waals surface area contributed by atoms with Crippen LogP contribution in [0.1, 0.15) is 38.6 Å². The Morgan fingerprint density at radius 1 is 1.21 bits per heavy atom. The number of carbonyl (C=O) groups excluding carboxylic acids is 1. The molecule has 0 unspecified atom stereocenters. The fourth-order valence-corrected chi connectivity index (χ4v) is 4.20. The summed E-state index contributed by atoms with van der Waals surface area (Å²) < 4.78 is 1.82. The maximum absolute atomic E-state index is 13.2. The molecule has 1 aromatic heterocycles. The van der Waals surface area contributed by atoms with Gasteiger partial charge >= 0.3 is 0 Å². The lowest BCUT2D eigenvalue weighted by atomic mass is 9.85. The maximum atomic E-state index is 13.2. The summed E-state index contributed by atoms with van der Waals surface area (Å²) in [7, 11) is 4.43. The molecular formula is C18H31N5O. The number of amides is 1. The van der Waals surface area contributed by atoms with Crippen LogP contribution in [0.15, 0.2) is 18.5 Å². The second-order valence-electron chi connectivity index (χ2n) is 7.47. The molecule has 0 aromatic carbocycles. The Balaban J connectivity index is 1.78. The highest BCUT2D eigenvalue weighted by atomic mass is 16.2. The fraction of sp³-hybridized carbons (Fsp3) is 0.778. The van der Waals surface area contributed by atoms with Crippen molar-refractivity contribution < 1.29 is 4.79 Å². The molecule has 2 aliphatic heterocycles. The topological polar surface area (TPSA) is 44.6 Å². The summed E-state index contributed by atoms with van der Waals surface area (Å²) in [6.07, 6.45) is 7.77. The Hall–Kier alpha value is -1.40. The molecule has 3 heterocycles. The van der Waals surface area contributed by atoms with Gasteiger partial charge in [-0.05, 0) is 58.9 Å². The molecule has 1 spiro atoms. The summed E-state index contributed by atoms with van der Waals surface area (Å²) in [6, 6.07) is 1.72. The smallest absolute Gasteiger partial charge is 0.247 e. The number of rotatable bonds is 3. The Morgan fingerprint density at radius 3 is 2.58 bits per heavy atom. The Morgan fingerprint density at radius 2 is 1.96 bits per heavy atom. The zero-order valence-corrected chi connectivity index (χ0v) is 15.3. The highest BCUT2D eigenvalue weighted by molar-refractivity contribution is 5.80. The number of carbonyl (C=O) groups is 1. The van der Waals surface area contributed by atoms with Gasteiger partial charge < -0.3 is 9.80 Å². The van der Waals surface area contributed by atoms with Crippen molar-refractivity contribution in [2.75, 3.05) is 46.8 Å². The van der Waals surface area contributed by atoms with E-state index in [4.69, 9.17) is 0 Å². The van der Waals surface area contributed by atoms with E-state index in [0.717, 1.165) is 58.4 Å². The Kier molecular flexibility index (Phi) is 5.25. The SMILES string of the molecule is CC[C@H](C(=O)N1CCCN(C)C2(CCN(C)CC2)C1)n1cccn1. The van der Waals surface area contributed by atoms with Gasteiger partial charge in [0, 0.05) is 37.6 Å². The van der Waals surface area contributed by atoms with Gasteiger partial charge in [-0.15, -0.1) is 0 Å². The number of likely N-dealkylation sites (N-methyl/N-ethyl adjacent to an activating group) is 1. The van der Waals surface area contributed by atoms with Gasteiger partial charge in [-0.3, -0.25) is 14.4 Å². The van der Waals surface area contributed by atoms with Gasteiger partial charge in [0.15, 0.2) is 0 Å². The Bertz CT molecular complexity index is 536. The Labute approximate surface area is 145 Å². The molecule has 134 valence electrons. The van der Waals surface area contributed by atoms with Crippen LogP contribution in [0.5, 0.6) is 0 Å². The average Bonchev–Trinajstić information content (AvgIpc) is 3.05. The number of hydrogen-bond donors (Lipinski definition) is 0. The molecule has 0 radical (unpaired) electrons. The molecule has 6 heteroatoms. The highest BCUT2D eigenvalue weighted by Gasteiger charge is 2.42. The van der Waals surface area contributed by atoms with Crippen LogP contribution >= 0.6 is 0 Å². The third kappa shape index (κ3) is 3.35. The number of nitrogens with zero attached hydrogens (tertiary/aromatic N) is 5. The molecule has 6 nitrogen and oxygen atoms in total.